The van der Waals surface area contributed by atoms with Crippen molar-refractivity contribution in [1.29, 1.82) is 0 Å². The van der Waals surface area contributed by atoms with Gasteiger partial charge in [-0.25, -0.2) is 14.7 Å². The van der Waals surface area contributed by atoms with Gasteiger partial charge in [-0.3, -0.25) is 0 Å². The van der Waals surface area contributed by atoms with E-state index in [0.29, 0.717) is 6.54 Å². The molecule has 0 aliphatic heterocycles. The second-order valence-corrected chi connectivity index (χ2v) is 7.94. The molecular weight excluding hydrogens is 368 g/mol. The Bertz CT molecular complexity index is 921. The van der Waals surface area contributed by atoms with Crippen molar-refractivity contribution >= 4 is 17.3 Å². The Morgan fingerprint density at radius 1 is 1.14 bits per heavy atom. The smallest absolute Gasteiger partial charge is 0.191 e. The monoisotopic (exact) mass is 396 g/mol. The lowest BCUT2D eigenvalue weighted by atomic mass is 10.2. The molecule has 2 N–H and O–H groups in total. The van der Waals surface area contributed by atoms with Crippen molar-refractivity contribution in [2.24, 2.45) is 4.99 Å². The van der Waals surface area contributed by atoms with E-state index in [1.54, 1.807) is 11.3 Å². The summed E-state index contributed by atoms with van der Waals surface area (Å²) < 4.78 is 1.91. The standard InChI is InChI=1S/C21H28N6S/c1-5-22-21(23-12-10-20-25-16(3)17(4)28-20)24-14-18-8-6-7-9-19(18)27-13-11-15(2)26-27/h6-9,11,13H,5,10,12,14H2,1-4H3,(H2,22,23,24). The molecule has 0 aliphatic rings. The predicted octanol–water partition coefficient (Wildman–Crippen LogP) is 3.55. The number of benzene rings is 1. The van der Waals surface area contributed by atoms with Crippen LogP contribution in [0.15, 0.2) is 41.5 Å². The number of para-hydroxylation sites is 1. The first-order chi connectivity index (χ1) is 13.6. The van der Waals surface area contributed by atoms with Crippen LogP contribution in [0.4, 0.5) is 0 Å². The maximum atomic E-state index is 4.77. The van der Waals surface area contributed by atoms with E-state index in [1.165, 1.54) is 4.88 Å². The minimum absolute atomic E-state index is 0.583. The Hall–Kier alpha value is -2.67. The summed E-state index contributed by atoms with van der Waals surface area (Å²) in [6.45, 7) is 10.5. The molecule has 3 rings (SSSR count). The van der Waals surface area contributed by atoms with Gasteiger partial charge in [0.2, 0.25) is 0 Å². The Kier molecular flexibility index (Phi) is 6.81. The molecule has 0 radical (unpaired) electrons. The summed E-state index contributed by atoms with van der Waals surface area (Å²) in [4.78, 5) is 10.7. The van der Waals surface area contributed by atoms with E-state index in [1.807, 2.05) is 36.0 Å². The van der Waals surface area contributed by atoms with Crippen molar-refractivity contribution in [3.63, 3.8) is 0 Å². The van der Waals surface area contributed by atoms with Gasteiger partial charge in [-0.05, 0) is 45.4 Å². The third-order valence-corrected chi connectivity index (χ3v) is 5.55. The molecule has 28 heavy (non-hydrogen) atoms. The summed E-state index contributed by atoms with van der Waals surface area (Å²) in [6, 6.07) is 10.2. The number of aryl methyl sites for hydroxylation is 3. The molecule has 6 nitrogen and oxygen atoms in total. The van der Waals surface area contributed by atoms with Gasteiger partial charge in [-0.1, -0.05) is 18.2 Å². The van der Waals surface area contributed by atoms with Crippen molar-refractivity contribution < 1.29 is 0 Å². The first-order valence-corrected chi connectivity index (χ1v) is 10.4. The molecule has 0 amide bonds. The van der Waals surface area contributed by atoms with Gasteiger partial charge in [0.25, 0.3) is 0 Å². The number of hydrogen-bond acceptors (Lipinski definition) is 4. The fourth-order valence-corrected chi connectivity index (χ4v) is 3.79. The number of nitrogens with one attached hydrogen (secondary N) is 2. The molecule has 2 aromatic heterocycles. The molecule has 1 aromatic carbocycles. The van der Waals surface area contributed by atoms with Crippen molar-refractivity contribution in [3.8, 4) is 5.69 Å². The highest BCUT2D eigenvalue weighted by molar-refractivity contribution is 7.11. The minimum atomic E-state index is 0.583. The molecule has 0 atom stereocenters. The van der Waals surface area contributed by atoms with E-state index in [2.05, 4.69) is 53.6 Å². The Balaban J connectivity index is 1.66. The number of hydrogen-bond donors (Lipinski definition) is 2. The van der Waals surface area contributed by atoms with Crippen LogP contribution < -0.4 is 10.6 Å². The van der Waals surface area contributed by atoms with Crippen molar-refractivity contribution in [3.05, 3.63) is 63.4 Å². The van der Waals surface area contributed by atoms with Crippen LogP contribution in [0.5, 0.6) is 0 Å². The summed E-state index contributed by atoms with van der Waals surface area (Å²) in [6.07, 6.45) is 2.88. The zero-order chi connectivity index (χ0) is 19.9. The third-order valence-electron chi connectivity index (χ3n) is 4.42. The van der Waals surface area contributed by atoms with Crippen LogP contribution in [0, 0.1) is 20.8 Å². The fraction of sp³-hybridized carbons (Fsp3) is 0.381. The summed E-state index contributed by atoms with van der Waals surface area (Å²) in [5.41, 5.74) is 4.32. The lowest BCUT2D eigenvalue weighted by molar-refractivity contribution is 0.791. The molecule has 0 saturated carbocycles. The van der Waals surface area contributed by atoms with Crippen LogP contribution in [-0.2, 0) is 13.0 Å². The van der Waals surface area contributed by atoms with Gasteiger partial charge in [0, 0.05) is 30.6 Å². The number of aliphatic imine (C=N–C) groups is 1. The lowest BCUT2D eigenvalue weighted by Crippen LogP contribution is -2.38. The molecular formula is C21H28N6S. The number of aromatic nitrogens is 3. The van der Waals surface area contributed by atoms with Gasteiger partial charge in [0.1, 0.15) is 0 Å². The van der Waals surface area contributed by atoms with Crippen LogP contribution in [-0.4, -0.2) is 33.8 Å². The molecule has 0 aliphatic carbocycles. The number of rotatable bonds is 7. The van der Waals surface area contributed by atoms with Gasteiger partial charge in [-0.2, -0.15) is 5.10 Å². The normalized spacial score (nSPS) is 11.6. The van der Waals surface area contributed by atoms with Crippen LogP contribution in [0.2, 0.25) is 0 Å². The van der Waals surface area contributed by atoms with E-state index < -0.39 is 0 Å². The van der Waals surface area contributed by atoms with Gasteiger partial charge >= 0.3 is 0 Å². The molecule has 0 spiro atoms. The van der Waals surface area contributed by atoms with Crippen molar-refractivity contribution in [2.45, 2.75) is 40.7 Å². The van der Waals surface area contributed by atoms with Gasteiger partial charge < -0.3 is 10.6 Å². The SMILES string of the molecule is CCNC(=NCc1ccccc1-n1ccc(C)n1)NCCc1nc(C)c(C)s1. The topological polar surface area (TPSA) is 67.1 Å². The van der Waals surface area contributed by atoms with Crippen LogP contribution in [0.3, 0.4) is 0 Å². The zero-order valence-electron chi connectivity index (χ0n) is 17.0. The zero-order valence-corrected chi connectivity index (χ0v) is 17.8. The van der Waals surface area contributed by atoms with E-state index in [0.717, 1.165) is 53.1 Å². The maximum absolute atomic E-state index is 4.77. The highest BCUT2D eigenvalue weighted by atomic mass is 32.1. The van der Waals surface area contributed by atoms with Crippen LogP contribution >= 0.6 is 11.3 Å². The largest absolute Gasteiger partial charge is 0.357 e. The highest BCUT2D eigenvalue weighted by Crippen LogP contribution is 2.17. The molecule has 148 valence electrons. The van der Waals surface area contributed by atoms with E-state index in [-0.39, 0.29) is 0 Å². The molecule has 0 bridgehead atoms. The quantitative estimate of drug-likeness (QED) is 0.473. The third kappa shape index (κ3) is 5.19. The molecule has 0 saturated heterocycles. The molecule has 3 aromatic rings. The molecule has 0 fully saturated rings. The number of thiazole rings is 1. The number of nitrogens with zero attached hydrogens (tertiary/aromatic N) is 4. The van der Waals surface area contributed by atoms with Gasteiger partial charge in [0.15, 0.2) is 5.96 Å². The lowest BCUT2D eigenvalue weighted by Gasteiger charge is -2.12. The summed E-state index contributed by atoms with van der Waals surface area (Å²) in [7, 11) is 0. The van der Waals surface area contributed by atoms with E-state index >= 15 is 0 Å². The Morgan fingerprint density at radius 2 is 1.96 bits per heavy atom. The van der Waals surface area contributed by atoms with Crippen molar-refractivity contribution in [2.75, 3.05) is 13.1 Å². The van der Waals surface area contributed by atoms with Crippen LogP contribution in [0.1, 0.15) is 33.8 Å². The summed E-state index contributed by atoms with van der Waals surface area (Å²) in [5, 5.41) is 12.4. The average molecular weight is 397 g/mol. The van der Waals surface area contributed by atoms with Crippen LogP contribution in [0.25, 0.3) is 5.69 Å². The highest BCUT2D eigenvalue weighted by Gasteiger charge is 2.07. The maximum Gasteiger partial charge on any atom is 0.191 e. The Labute approximate surface area is 170 Å². The van der Waals surface area contributed by atoms with E-state index in [4.69, 9.17) is 4.99 Å². The first-order valence-electron chi connectivity index (χ1n) is 9.62. The fourth-order valence-electron chi connectivity index (χ4n) is 2.86. The second-order valence-electron chi connectivity index (χ2n) is 6.65. The van der Waals surface area contributed by atoms with Gasteiger partial charge in [0.05, 0.1) is 28.6 Å². The molecule has 2 heterocycles. The molecule has 7 heteroatoms. The summed E-state index contributed by atoms with van der Waals surface area (Å²) in [5.74, 6) is 0.818. The summed E-state index contributed by atoms with van der Waals surface area (Å²) >= 11 is 1.77. The Morgan fingerprint density at radius 3 is 2.64 bits per heavy atom. The van der Waals surface area contributed by atoms with E-state index in [9.17, 15) is 0 Å². The first kappa shape index (κ1) is 20.1. The minimum Gasteiger partial charge on any atom is -0.357 e. The van der Waals surface area contributed by atoms with Crippen molar-refractivity contribution in [1.82, 2.24) is 25.4 Å². The average Bonchev–Trinajstić information content (AvgIpc) is 3.25. The van der Waals surface area contributed by atoms with Gasteiger partial charge in [-0.15, -0.1) is 11.3 Å². The number of guanidine groups is 1. The predicted molar refractivity (Wildman–Crippen MR) is 116 cm³/mol. The molecule has 0 unspecified atom stereocenters. The second kappa shape index (κ2) is 9.50.